The van der Waals surface area contributed by atoms with E-state index >= 15 is 0 Å². The normalized spacial score (nSPS) is 30.0. The van der Waals surface area contributed by atoms with Crippen LogP contribution in [0.5, 0.6) is 0 Å². The summed E-state index contributed by atoms with van der Waals surface area (Å²) in [5.41, 5.74) is -1.16. The fourth-order valence-electron chi connectivity index (χ4n) is 3.29. The molecule has 4 heterocycles. The van der Waals surface area contributed by atoms with Crippen LogP contribution in [0.4, 0.5) is 0 Å². The number of nitrogens with zero attached hydrogens (tertiary/aromatic N) is 4. The molecule has 8 nitrogen and oxygen atoms in total. The number of β-amino-alcohol motifs (C(OH)–C–C–N with tert-alkyl or cyclic N) is 1. The molecule has 2 atom stereocenters. The molecule has 4 rings (SSSR count). The van der Waals surface area contributed by atoms with Crippen molar-refractivity contribution in [1.29, 1.82) is 0 Å². The number of ketones is 1. The standard InChI is InChI=1S/C14H21N4O4.ClH/c1-3-13-16(21)12-10-18(13,22)17(12)14(11(2)20)4-6-15(7-5-14)8-9-19;/h4-7,10,13,19,21-22H,3,8-9H2,1-2H3;1H/q+1;/p-1. The summed E-state index contributed by atoms with van der Waals surface area (Å²) < 4.78 is -0.614. The van der Waals surface area contributed by atoms with Crippen molar-refractivity contribution in [2.75, 3.05) is 13.2 Å². The zero-order valence-electron chi connectivity index (χ0n) is 13.0. The number of quaternary nitrogens is 1. The van der Waals surface area contributed by atoms with Gasteiger partial charge in [0.15, 0.2) is 11.3 Å². The Hall–Kier alpha value is -1.58. The molecule has 0 radical (unpaired) electrons. The van der Waals surface area contributed by atoms with Crippen molar-refractivity contribution in [3.05, 3.63) is 36.6 Å². The van der Waals surface area contributed by atoms with Gasteiger partial charge in [-0.2, -0.15) is 10.3 Å². The number of hydrogen-bond acceptors (Lipinski definition) is 7. The number of hydrogen-bond donors (Lipinski definition) is 3. The first-order valence-electron chi connectivity index (χ1n) is 7.30. The Morgan fingerprint density at radius 3 is 2.43 bits per heavy atom. The van der Waals surface area contributed by atoms with E-state index < -0.39 is 16.5 Å². The number of carbonyl (C=O) groups excluding carboxylic acids is 1. The van der Waals surface area contributed by atoms with Crippen LogP contribution in [0.15, 0.2) is 36.6 Å². The zero-order chi connectivity index (χ0) is 16.1. The van der Waals surface area contributed by atoms with Crippen LogP contribution < -0.4 is 12.4 Å². The second-order valence-corrected chi connectivity index (χ2v) is 5.71. The minimum absolute atomic E-state index is 0. The molecule has 1 saturated heterocycles. The quantitative estimate of drug-likeness (QED) is 0.469. The zero-order valence-corrected chi connectivity index (χ0v) is 13.8. The third kappa shape index (κ3) is 2.18. The Kier molecular flexibility index (Phi) is 4.49. The smallest absolute Gasteiger partial charge is 0.247 e. The highest BCUT2D eigenvalue weighted by molar-refractivity contribution is 5.91. The van der Waals surface area contributed by atoms with Gasteiger partial charge in [-0.25, -0.2) is 0 Å². The minimum atomic E-state index is -1.16. The van der Waals surface area contributed by atoms with E-state index in [-0.39, 0.29) is 24.8 Å². The van der Waals surface area contributed by atoms with Gasteiger partial charge in [-0.3, -0.25) is 10.0 Å². The molecule has 0 aromatic carbocycles. The second-order valence-electron chi connectivity index (χ2n) is 5.71. The van der Waals surface area contributed by atoms with E-state index in [0.717, 1.165) is 5.06 Å². The molecule has 1 fully saturated rings. The van der Waals surface area contributed by atoms with E-state index in [2.05, 4.69) is 0 Å². The lowest BCUT2D eigenvalue weighted by molar-refractivity contribution is -1.17. The largest absolute Gasteiger partial charge is 1.00 e. The number of aliphatic hydroxyl groups excluding tert-OH is 1. The Bertz CT molecular complexity index is 579. The maximum absolute atomic E-state index is 12.3. The highest BCUT2D eigenvalue weighted by atomic mass is 35.5. The summed E-state index contributed by atoms with van der Waals surface area (Å²) in [7, 11) is 0. The molecule has 0 aromatic rings. The van der Waals surface area contributed by atoms with Crippen molar-refractivity contribution in [2.45, 2.75) is 32.0 Å². The summed E-state index contributed by atoms with van der Waals surface area (Å²) in [6.07, 6.45) is 8.23. The molecule has 2 bridgehead atoms. The van der Waals surface area contributed by atoms with Crippen LogP contribution in [0.1, 0.15) is 20.3 Å². The number of halogens is 1. The number of hydroxylamine groups is 4. The fourth-order valence-corrected chi connectivity index (χ4v) is 3.29. The van der Waals surface area contributed by atoms with Crippen LogP contribution in [0.2, 0.25) is 0 Å². The van der Waals surface area contributed by atoms with Crippen LogP contribution in [0, 0.1) is 0 Å². The SMILES string of the molecule is CCC1N(O)C2=C[N+]1(O)N2C1(C(C)=O)C=CN(CCO)C=C1.[Cl-]. The Balaban J connectivity index is 0.00000192. The molecule has 0 aromatic heterocycles. The van der Waals surface area contributed by atoms with E-state index in [1.807, 2.05) is 6.92 Å². The average molecular weight is 345 g/mol. The van der Waals surface area contributed by atoms with Gasteiger partial charge in [0.05, 0.1) is 6.61 Å². The number of carbonyl (C=O) groups is 1. The van der Waals surface area contributed by atoms with Crippen LogP contribution in [-0.4, -0.2) is 65.9 Å². The van der Waals surface area contributed by atoms with Gasteiger partial charge in [-0.05, 0) is 23.8 Å². The molecule has 3 N–H and O–H groups in total. The topological polar surface area (TPSA) is 87.5 Å². The van der Waals surface area contributed by atoms with Crippen LogP contribution in [0.25, 0.3) is 0 Å². The first-order chi connectivity index (χ1) is 10.4. The van der Waals surface area contributed by atoms with Crippen molar-refractivity contribution >= 4 is 5.78 Å². The molecule has 0 aliphatic carbocycles. The first-order valence-corrected chi connectivity index (χ1v) is 7.30. The van der Waals surface area contributed by atoms with Gasteiger partial charge in [0.25, 0.3) is 0 Å². The molecular formula is C14H21ClN4O4. The summed E-state index contributed by atoms with van der Waals surface area (Å²) >= 11 is 0. The third-order valence-electron chi connectivity index (χ3n) is 4.48. The van der Waals surface area contributed by atoms with Crippen LogP contribution in [-0.2, 0) is 4.79 Å². The molecule has 23 heavy (non-hydrogen) atoms. The lowest BCUT2D eigenvalue weighted by Gasteiger charge is -2.46. The molecule has 0 amide bonds. The Morgan fingerprint density at radius 2 is 2.00 bits per heavy atom. The number of rotatable bonds is 5. The lowest BCUT2D eigenvalue weighted by Crippen LogP contribution is -3.00. The summed E-state index contributed by atoms with van der Waals surface area (Å²) in [5.74, 6) is 0.241. The molecule has 0 saturated carbocycles. The van der Waals surface area contributed by atoms with Gasteiger partial charge in [0.2, 0.25) is 18.2 Å². The summed E-state index contributed by atoms with van der Waals surface area (Å²) in [4.78, 5) is 14.1. The fraction of sp³-hybridized carbons (Fsp3) is 0.500. The minimum Gasteiger partial charge on any atom is -1.00 e. The third-order valence-corrected chi connectivity index (χ3v) is 4.48. The van der Waals surface area contributed by atoms with Gasteiger partial charge in [0, 0.05) is 25.4 Å². The summed E-state index contributed by atoms with van der Waals surface area (Å²) in [6.45, 7) is 3.73. The van der Waals surface area contributed by atoms with Crippen LogP contribution >= 0.6 is 0 Å². The Morgan fingerprint density at radius 1 is 1.39 bits per heavy atom. The lowest BCUT2D eigenvalue weighted by atomic mass is 9.91. The summed E-state index contributed by atoms with van der Waals surface area (Å²) in [6, 6.07) is 0. The molecule has 4 aliphatic rings. The number of aliphatic hydroxyl groups is 1. The monoisotopic (exact) mass is 344 g/mol. The highest BCUT2D eigenvalue weighted by Crippen LogP contribution is 2.50. The van der Waals surface area contributed by atoms with E-state index in [1.54, 1.807) is 29.5 Å². The number of fused-ring (bicyclic) bond motifs is 1. The van der Waals surface area contributed by atoms with Crippen molar-refractivity contribution in [3.63, 3.8) is 0 Å². The van der Waals surface area contributed by atoms with E-state index in [9.17, 15) is 15.2 Å². The highest BCUT2D eigenvalue weighted by Gasteiger charge is 2.70. The van der Waals surface area contributed by atoms with Crippen LogP contribution in [0.3, 0.4) is 0 Å². The predicted molar refractivity (Wildman–Crippen MR) is 75.2 cm³/mol. The van der Waals surface area contributed by atoms with Gasteiger partial charge in [-0.1, -0.05) is 6.92 Å². The summed E-state index contributed by atoms with van der Waals surface area (Å²) in [5, 5.41) is 32.4. The number of Topliss-reactive ketones (excluding diaryl/α,β-unsaturated/α-hetero) is 1. The average Bonchev–Trinajstić information content (AvgIpc) is 2.84. The second kappa shape index (κ2) is 5.81. The Labute approximate surface area is 140 Å². The van der Waals surface area contributed by atoms with Crippen molar-refractivity contribution in [2.24, 2.45) is 0 Å². The first kappa shape index (κ1) is 17.8. The molecule has 0 spiro atoms. The van der Waals surface area contributed by atoms with Gasteiger partial charge >= 0.3 is 0 Å². The molecule has 9 heteroatoms. The van der Waals surface area contributed by atoms with Gasteiger partial charge in [-0.15, -0.1) is 5.01 Å². The van der Waals surface area contributed by atoms with Crippen molar-refractivity contribution < 1.29 is 37.5 Å². The van der Waals surface area contributed by atoms with Crippen molar-refractivity contribution in [1.82, 2.24) is 15.0 Å². The molecular weight excluding hydrogens is 324 g/mol. The van der Waals surface area contributed by atoms with E-state index in [1.165, 1.54) is 18.1 Å². The van der Waals surface area contributed by atoms with Gasteiger partial charge < -0.3 is 22.4 Å². The maximum atomic E-state index is 12.3. The molecule has 128 valence electrons. The van der Waals surface area contributed by atoms with Gasteiger partial charge in [0.1, 0.15) is 0 Å². The predicted octanol–water partition coefficient (Wildman–Crippen LogP) is -2.67. The maximum Gasteiger partial charge on any atom is 0.247 e. The van der Waals surface area contributed by atoms with E-state index in [4.69, 9.17) is 5.11 Å². The van der Waals surface area contributed by atoms with Crippen molar-refractivity contribution in [3.8, 4) is 0 Å². The van der Waals surface area contributed by atoms with E-state index in [0.29, 0.717) is 18.8 Å². The molecule has 2 unspecified atom stereocenters. The molecule has 4 aliphatic heterocycles.